The monoisotopic (exact) mass is 587 g/mol. The second-order valence-corrected chi connectivity index (χ2v) is 15.2. The molecule has 3 aromatic rings. The lowest BCUT2D eigenvalue weighted by Gasteiger charge is -2.35. The van der Waals surface area contributed by atoms with E-state index in [-0.39, 0.29) is 14.7 Å². The topological polar surface area (TPSA) is 74.6 Å². The van der Waals surface area contributed by atoms with E-state index in [9.17, 15) is 21.6 Å². The molecule has 0 aliphatic heterocycles. The Labute approximate surface area is 229 Å². The fraction of sp³-hybridized carbons (Fsp3) is 0.357. The van der Waals surface area contributed by atoms with Crippen LogP contribution in [0.25, 0.3) is 0 Å². The Morgan fingerprint density at radius 2 is 1.08 bits per heavy atom. The maximum Gasteiger partial charge on any atom is 0.572 e. The average molecular weight is 588 g/mol. The van der Waals surface area contributed by atoms with Crippen molar-refractivity contribution in [2.75, 3.05) is 7.11 Å². The highest BCUT2D eigenvalue weighted by Gasteiger charge is 2.58. The number of hydrogen-bond donors (Lipinski definition) is 0. The van der Waals surface area contributed by atoms with Crippen molar-refractivity contribution in [2.45, 2.75) is 72.9 Å². The van der Waals surface area contributed by atoms with Gasteiger partial charge in [-0.3, -0.25) is 3.63 Å². The number of hydrogen-bond acceptors (Lipinski definition) is 5. The molecule has 3 aromatic carbocycles. The predicted molar refractivity (Wildman–Crippen MR) is 147 cm³/mol. The van der Waals surface area contributed by atoms with E-state index in [1.807, 2.05) is 41.5 Å². The Morgan fingerprint density at radius 1 is 0.641 bits per heavy atom. The van der Waals surface area contributed by atoms with Gasteiger partial charge in [-0.05, 0) is 108 Å². The Balaban J connectivity index is 2.35. The standard InChI is InChI=1S/C28H33F3O6S2/c1-26(2,3)35-20-11-15-23(16-12-20)38(37-39(32,33)28(29,30)31,25-10-8-9-22(19-25)34-7)24-17-13-21(14-18-24)36-27(4,5)6/h8-19H,1-7H3/p+1. The summed E-state index contributed by atoms with van der Waals surface area (Å²) in [5.41, 5.74) is -6.65. The highest BCUT2D eigenvalue weighted by atomic mass is 32.3. The lowest BCUT2D eigenvalue weighted by Crippen LogP contribution is -2.30. The summed E-state index contributed by atoms with van der Waals surface area (Å²) in [4.78, 5) is 0.757. The van der Waals surface area contributed by atoms with Crippen molar-refractivity contribution >= 4 is 20.4 Å². The first-order valence-corrected chi connectivity index (χ1v) is 15.0. The SMILES string of the molecule is COc1cccc(S([OH+]S(=O)(=O)C(F)(F)F)(c2ccc(OC(C)(C)C)cc2)c2ccc(OC(C)(C)C)cc2)c1. The number of halogens is 3. The fourth-order valence-electron chi connectivity index (χ4n) is 3.63. The van der Waals surface area contributed by atoms with Gasteiger partial charge in [0.1, 0.15) is 28.5 Å². The number of benzene rings is 3. The van der Waals surface area contributed by atoms with E-state index in [0.717, 1.165) is 0 Å². The molecule has 0 aromatic heterocycles. The molecule has 0 bridgehead atoms. The molecule has 11 heteroatoms. The molecule has 214 valence electrons. The van der Waals surface area contributed by atoms with E-state index in [1.165, 1.54) is 13.2 Å². The number of rotatable bonds is 8. The summed E-state index contributed by atoms with van der Waals surface area (Å²) in [7, 11) is -7.93. The fourth-order valence-corrected chi connectivity index (χ4v) is 8.62. The second kappa shape index (κ2) is 10.9. The summed E-state index contributed by atoms with van der Waals surface area (Å²) in [5, 5.41) is 0. The normalized spacial score (nSPS) is 13.6. The zero-order valence-corrected chi connectivity index (χ0v) is 24.5. The van der Waals surface area contributed by atoms with Crippen LogP contribution in [0.15, 0.2) is 87.5 Å². The molecule has 0 unspecified atom stereocenters. The van der Waals surface area contributed by atoms with E-state index in [0.29, 0.717) is 17.2 Å². The van der Waals surface area contributed by atoms with Crippen molar-refractivity contribution in [1.82, 2.24) is 0 Å². The van der Waals surface area contributed by atoms with Crippen molar-refractivity contribution in [3.63, 3.8) is 0 Å². The van der Waals surface area contributed by atoms with E-state index in [2.05, 4.69) is 3.63 Å². The van der Waals surface area contributed by atoms with Gasteiger partial charge in [0.25, 0.3) is 0 Å². The lowest BCUT2D eigenvalue weighted by molar-refractivity contribution is -0.0540. The molecule has 0 atom stereocenters. The van der Waals surface area contributed by atoms with Crippen molar-refractivity contribution < 1.29 is 39.4 Å². The molecule has 0 amide bonds. The summed E-state index contributed by atoms with van der Waals surface area (Å²) in [6.07, 6.45) is 0. The summed E-state index contributed by atoms with van der Waals surface area (Å²) in [6.45, 7) is 11.2. The van der Waals surface area contributed by atoms with Crippen LogP contribution in [0.3, 0.4) is 0 Å². The molecular weight excluding hydrogens is 553 g/mol. The van der Waals surface area contributed by atoms with E-state index >= 15 is 0 Å². The molecule has 3 rings (SSSR count). The van der Waals surface area contributed by atoms with Gasteiger partial charge in [-0.1, -0.05) is 6.07 Å². The Morgan fingerprint density at radius 3 is 1.44 bits per heavy atom. The Hall–Kier alpha value is -2.89. The molecule has 0 saturated carbocycles. The van der Waals surface area contributed by atoms with Gasteiger partial charge < -0.3 is 14.2 Å². The van der Waals surface area contributed by atoms with Gasteiger partial charge in [0.15, 0.2) is 0 Å². The van der Waals surface area contributed by atoms with Crippen molar-refractivity contribution in [3.05, 3.63) is 72.8 Å². The Bertz CT molecular complexity index is 1310. The molecular formula is C28H34F3O6S2+. The number of methoxy groups -OCH3 is 1. The average Bonchev–Trinajstić information content (AvgIpc) is 2.81. The van der Waals surface area contributed by atoms with Crippen LogP contribution in [0.2, 0.25) is 0 Å². The third-order valence-corrected chi connectivity index (χ3v) is 10.2. The van der Waals surface area contributed by atoms with Crippen LogP contribution >= 0.6 is 10.3 Å². The van der Waals surface area contributed by atoms with Gasteiger partial charge in [-0.15, -0.1) is 8.42 Å². The van der Waals surface area contributed by atoms with Gasteiger partial charge in [-0.25, -0.2) is 0 Å². The minimum Gasteiger partial charge on any atom is -0.497 e. The molecule has 0 spiro atoms. The van der Waals surface area contributed by atoms with E-state index in [1.54, 1.807) is 66.7 Å². The molecule has 1 N–H and O–H groups in total. The minimum absolute atomic E-state index is 0.239. The quantitative estimate of drug-likeness (QED) is 0.151. The summed E-state index contributed by atoms with van der Waals surface area (Å²) in [6, 6.07) is 18.8. The van der Waals surface area contributed by atoms with Crippen LogP contribution in [-0.4, -0.2) is 35.9 Å². The zero-order chi connectivity index (χ0) is 29.3. The van der Waals surface area contributed by atoms with Crippen LogP contribution in [0.1, 0.15) is 41.5 Å². The van der Waals surface area contributed by atoms with Crippen molar-refractivity contribution in [2.24, 2.45) is 0 Å². The smallest absolute Gasteiger partial charge is 0.497 e. The Kier molecular flexibility index (Phi) is 8.60. The molecule has 0 aliphatic carbocycles. The molecule has 0 radical (unpaired) electrons. The molecule has 39 heavy (non-hydrogen) atoms. The zero-order valence-electron chi connectivity index (χ0n) is 22.9. The molecule has 0 heterocycles. The summed E-state index contributed by atoms with van der Waals surface area (Å²) >= 11 is 0. The highest BCUT2D eigenvalue weighted by Crippen LogP contribution is 2.69. The van der Waals surface area contributed by atoms with Gasteiger partial charge in [0.2, 0.25) is 0 Å². The summed E-state index contributed by atoms with van der Waals surface area (Å²) < 4.78 is 87.7. The van der Waals surface area contributed by atoms with Crippen molar-refractivity contribution in [3.8, 4) is 17.2 Å². The minimum atomic E-state index is -5.94. The first-order valence-electron chi connectivity index (χ1n) is 12.0. The lowest BCUT2D eigenvalue weighted by atomic mass is 10.2. The summed E-state index contributed by atoms with van der Waals surface area (Å²) in [5.74, 6) is 1.28. The van der Waals surface area contributed by atoms with E-state index in [4.69, 9.17) is 14.2 Å². The number of ether oxygens (including phenoxy) is 3. The van der Waals surface area contributed by atoms with Crippen LogP contribution in [0.5, 0.6) is 17.2 Å². The van der Waals surface area contributed by atoms with Crippen LogP contribution in [0.4, 0.5) is 13.2 Å². The third kappa shape index (κ3) is 7.40. The molecule has 0 saturated heterocycles. The highest BCUT2D eigenvalue weighted by molar-refractivity contribution is 8.32. The maximum atomic E-state index is 13.8. The maximum absolute atomic E-state index is 13.8. The molecule has 6 nitrogen and oxygen atoms in total. The first kappa shape index (κ1) is 30.6. The number of alkyl halides is 3. The van der Waals surface area contributed by atoms with Gasteiger partial charge in [0, 0.05) is 0 Å². The van der Waals surface area contributed by atoms with E-state index < -0.39 is 37.1 Å². The largest absolute Gasteiger partial charge is 0.572 e. The van der Waals surface area contributed by atoms with Crippen LogP contribution in [0, 0.1) is 0 Å². The van der Waals surface area contributed by atoms with Gasteiger partial charge in [0.05, 0.1) is 32.1 Å². The molecule has 0 aliphatic rings. The first-order chi connectivity index (χ1) is 17.9. The van der Waals surface area contributed by atoms with Crippen molar-refractivity contribution in [1.29, 1.82) is 0 Å². The third-order valence-electron chi connectivity index (χ3n) is 5.06. The van der Waals surface area contributed by atoms with Crippen LogP contribution < -0.4 is 14.2 Å². The van der Waals surface area contributed by atoms with Gasteiger partial charge >= 0.3 is 15.6 Å². The van der Waals surface area contributed by atoms with Gasteiger partial charge in [-0.2, -0.15) is 13.2 Å². The molecule has 0 fully saturated rings. The second-order valence-electron chi connectivity index (χ2n) is 10.6. The van der Waals surface area contributed by atoms with Crippen LogP contribution in [-0.2, 0) is 10.1 Å². The predicted octanol–water partition coefficient (Wildman–Crippen LogP) is 8.19.